The van der Waals surface area contributed by atoms with E-state index in [1.165, 1.54) is 12.3 Å². The van der Waals surface area contributed by atoms with Crippen molar-refractivity contribution in [3.8, 4) is 0 Å². The molecule has 0 radical (unpaired) electrons. The molecule has 0 bridgehead atoms. The number of carbonyl (C=O) groups excluding carboxylic acids is 1. The molecule has 0 fully saturated rings. The molecular formula is C13H11BrFN3O. The second-order valence-corrected chi connectivity index (χ2v) is 5.29. The van der Waals surface area contributed by atoms with Gasteiger partial charge in [-0.1, -0.05) is 15.9 Å². The van der Waals surface area contributed by atoms with Crippen molar-refractivity contribution in [2.24, 2.45) is 0 Å². The average Bonchev–Trinajstić information content (AvgIpc) is 2.96. The van der Waals surface area contributed by atoms with Gasteiger partial charge >= 0.3 is 0 Å². The second-order valence-electron chi connectivity index (χ2n) is 4.43. The normalized spacial score (nSPS) is 14.3. The Balaban J connectivity index is 1.90. The fraction of sp³-hybridized carbons (Fsp3) is 0.231. The van der Waals surface area contributed by atoms with E-state index in [4.69, 9.17) is 0 Å². The molecule has 2 heterocycles. The van der Waals surface area contributed by atoms with E-state index in [-0.39, 0.29) is 11.7 Å². The van der Waals surface area contributed by atoms with Crippen LogP contribution in [0.25, 0.3) is 0 Å². The van der Waals surface area contributed by atoms with Gasteiger partial charge in [0.05, 0.1) is 0 Å². The van der Waals surface area contributed by atoms with Crippen molar-refractivity contribution >= 4 is 21.8 Å². The van der Waals surface area contributed by atoms with Gasteiger partial charge in [0.15, 0.2) is 0 Å². The summed E-state index contributed by atoms with van der Waals surface area (Å²) in [7, 11) is 0. The maximum Gasteiger partial charge on any atom is 0.272 e. The standard InChI is InChI=1S/C13H11BrFN3O/c14-10-1-2-11(15)9-7-18(6-4-8(9)10)13(19)12-3-5-16-17-12/h1-3,5H,4,6-7H2,(H,16,17). The molecule has 1 amide bonds. The molecule has 0 unspecified atom stereocenters. The second kappa shape index (κ2) is 4.77. The van der Waals surface area contributed by atoms with Crippen LogP contribution in [0.5, 0.6) is 0 Å². The molecule has 4 nitrogen and oxygen atoms in total. The van der Waals surface area contributed by atoms with E-state index in [1.54, 1.807) is 17.0 Å². The number of nitrogens with zero attached hydrogens (tertiary/aromatic N) is 2. The fourth-order valence-corrected chi connectivity index (χ4v) is 2.88. The van der Waals surface area contributed by atoms with Crippen LogP contribution in [0.15, 0.2) is 28.9 Å². The number of aromatic nitrogens is 2. The van der Waals surface area contributed by atoms with E-state index < -0.39 is 0 Å². The number of nitrogens with one attached hydrogen (secondary N) is 1. The number of rotatable bonds is 1. The van der Waals surface area contributed by atoms with Crippen molar-refractivity contribution < 1.29 is 9.18 Å². The van der Waals surface area contributed by atoms with Crippen LogP contribution in [0.1, 0.15) is 21.6 Å². The van der Waals surface area contributed by atoms with Crippen molar-refractivity contribution in [3.05, 3.63) is 51.5 Å². The summed E-state index contributed by atoms with van der Waals surface area (Å²) in [6, 6.07) is 4.75. The Kier molecular flexibility index (Phi) is 3.10. The summed E-state index contributed by atoms with van der Waals surface area (Å²) < 4.78 is 14.8. The molecule has 1 aliphatic heterocycles. The lowest BCUT2D eigenvalue weighted by Crippen LogP contribution is -2.36. The largest absolute Gasteiger partial charge is 0.333 e. The van der Waals surface area contributed by atoms with Gasteiger partial charge in [0.25, 0.3) is 5.91 Å². The first-order chi connectivity index (χ1) is 9.16. The van der Waals surface area contributed by atoms with Gasteiger partial charge in [-0.3, -0.25) is 9.89 Å². The van der Waals surface area contributed by atoms with Gasteiger partial charge in [0.1, 0.15) is 11.5 Å². The Morgan fingerprint density at radius 1 is 1.37 bits per heavy atom. The Hall–Kier alpha value is -1.69. The minimum absolute atomic E-state index is 0.150. The SMILES string of the molecule is O=C(c1ccn[nH]1)N1CCc2c(Br)ccc(F)c2C1. The number of hydrogen-bond acceptors (Lipinski definition) is 2. The van der Waals surface area contributed by atoms with Crippen molar-refractivity contribution in [2.75, 3.05) is 6.54 Å². The first-order valence-electron chi connectivity index (χ1n) is 5.91. The van der Waals surface area contributed by atoms with Gasteiger partial charge in [0, 0.05) is 29.3 Å². The molecule has 0 aliphatic carbocycles. The van der Waals surface area contributed by atoms with Crippen molar-refractivity contribution in [1.29, 1.82) is 0 Å². The van der Waals surface area contributed by atoms with Gasteiger partial charge in [-0.15, -0.1) is 0 Å². The monoisotopic (exact) mass is 323 g/mol. The lowest BCUT2D eigenvalue weighted by atomic mass is 9.99. The van der Waals surface area contributed by atoms with E-state index >= 15 is 0 Å². The van der Waals surface area contributed by atoms with E-state index in [9.17, 15) is 9.18 Å². The highest BCUT2D eigenvalue weighted by atomic mass is 79.9. The molecule has 1 aromatic carbocycles. The Labute approximate surface area is 117 Å². The molecule has 19 heavy (non-hydrogen) atoms. The van der Waals surface area contributed by atoms with E-state index in [0.717, 1.165) is 10.0 Å². The Morgan fingerprint density at radius 3 is 2.95 bits per heavy atom. The average molecular weight is 324 g/mol. The predicted octanol–water partition coefficient (Wildman–Crippen LogP) is 2.51. The number of amides is 1. The number of carbonyl (C=O) groups is 1. The molecule has 2 aromatic rings. The summed E-state index contributed by atoms with van der Waals surface area (Å²) in [4.78, 5) is 13.8. The summed E-state index contributed by atoms with van der Waals surface area (Å²) in [6.45, 7) is 0.866. The molecule has 98 valence electrons. The quantitative estimate of drug-likeness (QED) is 0.876. The van der Waals surface area contributed by atoms with Crippen molar-refractivity contribution in [2.45, 2.75) is 13.0 Å². The van der Waals surface area contributed by atoms with Crippen LogP contribution in [0, 0.1) is 5.82 Å². The van der Waals surface area contributed by atoms with E-state index in [0.29, 0.717) is 30.8 Å². The molecule has 3 rings (SSSR count). The number of H-pyrrole nitrogens is 1. The third-order valence-corrected chi connectivity index (χ3v) is 4.06. The number of hydrogen-bond donors (Lipinski definition) is 1. The van der Waals surface area contributed by atoms with Gasteiger partial charge in [0.2, 0.25) is 0 Å². The number of benzene rings is 1. The summed E-state index contributed by atoms with van der Waals surface area (Å²) in [5.41, 5.74) is 1.97. The minimum atomic E-state index is -0.264. The highest BCUT2D eigenvalue weighted by molar-refractivity contribution is 9.10. The summed E-state index contributed by atoms with van der Waals surface area (Å²) in [5.74, 6) is -0.414. The van der Waals surface area contributed by atoms with Crippen molar-refractivity contribution in [3.63, 3.8) is 0 Å². The molecule has 0 atom stereocenters. The van der Waals surface area contributed by atoms with E-state index in [1.807, 2.05) is 0 Å². The molecule has 1 aliphatic rings. The molecule has 0 saturated carbocycles. The molecular weight excluding hydrogens is 313 g/mol. The number of aromatic amines is 1. The minimum Gasteiger partial charge on any atom is -0.333 e. The third-order valence-electron chi connectivity index (χ3n) is 3.32. The predicted molar refractivity (Wildman–Crippen MR) is 71.1 cm³/mol. The van der Waals surface area contributed by atoms with Crippen LogP contribution in [-0.2, 0) is 13.0 Å². The zero-order chi connectivity index (χ0) is 13.4. The van der Waals surface area contributed by atoms with Gasteiger partial charge < -0.3 is 4.90 Å². The lowest BCUT2D eigenvalue weighted by molar-refractivity contribution is 0.0726. The van der Waals surface area contributed by atoms with Crippen LogP contribution < -0.4 is 0 Å². The van der Waals surface area contributed by atoms with Crippen LogP contribution >= 0.6 is 15.9 Å². The zero-order valence-electron chi connectivity index (χ0n) is 9.99. The highest BCUT2D eigenvalue weighted by Gasteiger charge is 2.25. The van der Waals surface area contributed by atoms with E-state index in [2.05, 4.69) is 26.1 Å². The maximum absolute atomic E-state index is 13.9. The maximum atomic E-state index is 13.9. The lowest BCUT2D eigenvalue weighted by Gasteiger charge is -2.29. The van der Waals surface area contributed by atoms with Gasteiger partial charge in [-0.25, -0.2) is 4.39 Å². The molecule has 6 heteroatoms. The molecule has 0 saturated heterocycles. The third kappa shape index (κ3) is 2.16. The summed E-state index contributed by atoms with van der Waals surface area (Å²) in [6.07, 6.45) is 2.18. The number of fused-ring (bicyclic) bond motifs is 1. The highest BCUT2D eigenvalue weighted by Crippen LogP contribution is 2.29. The van der Waals surface area contributed by atoms with Crippen LogP contribution in [0.2, 0.25) is 0 Å². The first-order valence-corrected chi connectivity index (χ1v) is 6.70. The molecule has 1 N–H and O–H groups in total. The fourth-order valence-electron chi connectivity index (χ4n) is 2.31. The Bertz CT molecular complexity index is 627. The first kappa shape index (κ1) is 12.3. The Morgan fingerprint density at radius 2 is 2.21 bits per heavy atom. The van der Waals surface area contributed by atoms with Crippen LogP contribution in [0.4, 0.5) is 4.39 Å². The summed E-state index contributed by atoms with van der Waals surface area (Å²) in [5, 5.41) is 6.40. The zero-order valence-corrected chi connectivity index (χ0v) is 11.6. The number of halogens is 2. The summed E-state index contributed by atoms with van der Waals surface area (Å²) >= 11 is 3.43. The van der Waals surface area contributed by atoms with Gasteiger partial charge in [-0.05, 0) is 30.2 Å². The van der Waals surface area contributed by atoms with Crippen LogP contribution in [-0.4, -0.2) is 27.5 Å². The topological polar surface area (TPSA) is 49.0 Å². The van der Waals surface area contributed by atoms with Crippen molar-refractivity contribution in [1.82, 2.24) is 15.1 Å². The smallest absolute Gasteiger partial charge is 0.272 e. The van der Waals surface area contributed by atoms with Crippen LogP contribution in [0.3, 0.4) is 0 Å². The molecule has 0 spiro atoms. The molecule has 1 aromatic heterocycles. The van der Waals surface area contributed by atoms with Gasteiger partial charge in [-0.2, -0.15) is 5.10 Å².